The second-order valence-corrected chi connectivity index (χ2v) is 8.19. The highest BCUT2D eigenvalue weighted by Gasteiger charge is 2.24. The third kappa shape index (κ3) is 4.05. The normalized spacial score (nSPS) is 16.9. The number of halogens is 1. The van der Waals surface area contributed by atoms with E-state index in [0.29, 0.717) is 21.7 Å². The third-order valence-corrected chi connectivity index (χ3v) is 6.20. The number of carbonyl (C=O) groups excluding carboxylic acids is 1. The van der Waals surface area contributed by atoms with Gasteiger partial charge in [0.1, 0.15) is 5.82 Å². The number of hydrogen-bond acceptors (Lipinski definition) is 4. The number of aromatic nitrogens is 2. The summed E-state index contributed by atoms with van der Waals surface area (Å²) in [7, 11) is 0. The van der Waals surface area contributed by atoms with Crippen molar-refractivity contribution in [2.24, 2.45) is 0 Å². The number of para-hydroxylation sites is 1. The molecular formula is C22H22FN3O2S. The SMILES string of the molecule is C[C@H]1CCCCN1C(=O)CSc1nc2ccccc2c(=O)n1-c1ccc(F)cc1. The van der Waals surface area contributed by atoms with Gasteiger partial charge in [0.25, 0.3) is 5.56 Å². The standard InChI is InChI=1S/C22H22FN3O2S/c1-15-6-4-5-13-25(15)20(27)14-29-22-24-19-8-3-2-7-18(19)21(28)26(22)17-11-9-16(23)10-12-17/h2-3,7-12,15H,4-6,13-14H2,1H3/t15-/m0/s1. The topological polar surface area (TPSA) is 55.2 Å². The molecule has 1 saturated heterocycles. The second-order valence-electron chi connectivity index (χ2n) is 7.25. The Kier molecular flexibility index (Phi) is 5.67. The molecule has 2 heterocycles. The van der Waals surface area contributed by atoms with Gasteiger partial charge in [-0.2, -0.15) is 0 Å². The van der Waals surface area contributed by atoms with E-state index in [-0.39, 0.29) is 29.1 Å². The molecule has 1 amide bonds. The Morgan fingerprint density at radius 2 is 1.93 bits per heavy atom. The Morgan fingerprint density at radius 1 is 1.17 bits per heavy atom. The Morgan fingerprint density at radius 3 is 2.69 bits per heavy atom. The van der Waals surface area contributed by atoms with Gasteiger partial charge in [0.15, 0.2) is 5.16 Å². The molecule has 2 aromatic carbocycles. The molecule has 1 aromatic heterocycles. The molecule has 0 radical (unpaired) electrons. The molecule has 4 rings (SSSR count). The maximum atomic E-state index is 13.4. The van der Waals surface area contributed by atoms with Crippen molar-refractivity contribution in [3.8, 4) is 5.69 Å². The highest BCUT2D eigenvalue weighted by Crippen LogP contribution is 2.24. The Bertz CT molecular complexity index is 1100. The molecule has 0 N–H and O–H groups in total. The first-order valence-corrected chi connectivity index (χ1v) is 10.7. The predicted octanol–water partition coefficient (Wildman–Crippen LogP) is 4.02. The van der Waals surface area contributed by atoms with Crippen LogP contribution in [0.3, 0.4) is 0 Å². The Balaban J connectivity index is 1.70. The van der Waals surface area contributed by atoms with Crippen LogP contribution in [0.4, 0.5) is 4.39 Å². The average Bonchev–Trinajstić information content (AvgIpc) is 2.73. The van der Waals surface area contributed by atoms with Gasteiger partial charge in [0.2, 0.25) is 5.91 Å². The van der Waals surface area contributed by atoms with Gasteiger partial charge in [0, 0.05) is 12.6 Å². The molecule has 5 nitrogen and oxygen atoms in total. The van der Waals surface area contributed by atoms with Crippen LogP contribution in [0, 0.1) is 5.82 Å². The molecule has 0 bridgehead atoms. The summed E-state index contributed by atoms with van der Waals surface area (Å²) < 4.78 is 14.9. The Hall–Kier alpha value is -2.67. The summed E-state index contributed by atoms with van der Waals surface area (Å²) in [6, 6.07) is 13.1. The van der Waals surface area contributed by atoms with E-state index < -0.39 is 0 Å². The van der Waals surface area contributed by atoms with Crippen molar-refractivity contribution < 1.29 is 9.18 Å². The van der Waals surface area contributed by atoms with E-state index in [0.717, 1.165) is 25.8 Å². The molecule has 1 atom stereocenters. The zero-order valence-electron chi connectivity index (χ0n) is 16.2. The highest BCUT2D eigenvalue weighted by molar-refractivity contribution is 7.99. The van der Waals surface area contributed by atoms with Crippen molar-refractivity contribution in [3.63, 3.8) is 0 Å². The third-order valence-electron chi connectivity index (χ3n) is 5.28. The van der Waals surface area contributed by atoms with Gasteiger partial charge in [-0.15, -0.1) is 0 Å². The fraction of sp³-hybridized carbons (Fsp3) is 0.318. The molecule has 0 aliphatic carbocycles. The average molecular weight is 412 g/mol. The van der Waals surface area contributed by atoms with Crippen molar-refractivity contribution in [2.75, 3.05) is 12.3 Å². The van der Waals surface area contributed by atoms with Gasteiger partial charge in [-0.1, -0.05) is 23.9 Å². The number of likely N-dealkylation sites (tertiary alicyclic amines) is 1. The molecule has 150 valence electrons. The molecule has 7 heteroatoms. The van der Waals surface area contributed by atoms with Crippen LogP contribution in [0.5, 0.6) is 0 Å². The fourth-order valence-corrected chi connectivity index (χ4v) is 4.60. The minimum absolute atomic E-state index is 0.0512. The van der Waals surface area contributed by atoms with Crippen LogP contribution in [-0.2, 0) is 4.79 Å². The number of piperidine rings is 1. The lowest BCUT2D eigenvalue weighted by atomic mass is 10.0. The molecule has 0 saturated carbocycles. The maximum Gasteiger partial charge on any atom is 0.266 e. The molecule has 1 fully saturated rings. The van der Waals surface area contributed by atoms with E-state index in [4.69, 9.17) is 0 Å². The van der Waals surface area contributed by atoms with Gasteiger partial charge >= 0.3 is 0 Å². The van der Waals surface area contributed by atoms with Gasteiger partial charge in [-0.25, -0.2) is 9.37 Å². The largest absolute Gasteiger partial charge is 0.339 e. The number of hydrogen-bond donors (Lipinski definition) is 0. The fourth-order valence-electron chi connectivity index (χ4n) is 3.70. The van der Waals surface area contributed by atoms with Gasteiger partial charge in [-0.05, 0) is 62.6 Å². The van der Waals surface area contributed by atoms with E-state index in [1.165, 1.54) is 28.5 Å². The molecule has 1 aliphatic heterocycles. The van der Waals surface area contributed by atoms with Crippen LogP contribution >= 0.6 is 11.8 Å². The quantitative estimate of drug-likeness (QED) is 0.481. The summed E-state index contributed by atoms with van der Waals surface area (Å²) in [6.45, 7) is 2.85. The summed E-state index contributed by atoms with van der Waals surface area (Å²) >= 11 is 1.25. The lowest BCUT2D eigenvalue weighted by Gasteiger charge is -2.33. The molecule has 3 aromatic rings. The Labute approximate surface area is 172 Å². The molecule has 1 aliphatic rings. The molecule has 0 spiro atoms. The van der Waals surface area contributed by atoms with E-state index in [9.17, 15) is 14.0 Å². The van der Waals surface area contributed by atoms with Crippen molar-refractivity contribution in [1.82, 2.24) is 14.5 Å². The number of carbonyl (C=O) groups is 1. The van der Waals surface area contributed by atoms with E-state index in [2.05, 4.69) is 11.9 Å². The van der Waals surface area contributed by atoms with Crippen LogP contribution in [0.15, 0.2) is 58.5 Å². The van der Waals surface area contributed by atoms with Gasteiger partial charge in [0.05, 0.1) is 22.3 Å². The molecule has 29 heavy (non-hydrogen) atoms. The first-order chi connectivity index (χ1) is 14.0. The van der Waals surface area contributed by atoms with Crippen LogP contribution in [0.2, 0.25) is 0 Å². The zero-order chi connectivity index (χ0) is 20.4. The van der Waals surface area contributed by atoms with Crippen molar-refractivity contribution in [1.29, 1.82) is 0 Å². The van der Waals surface area contributed by atoms with Gasteiger partial charge in [-0.3, -0.25) is 14.2 Å². The zero-order valence-corrected chi connectivity index (χ0v) is 17.0. The minimum atomic E-state index is -0.376. The predicted molar refractivity (Wildman–Crippen MR) is 113 cm³/mol. The number of nitrogens with zero attached hydrogens (tertiary/aromatic N) is 3. The smallest absolute Gasteiger partial charge is 0.266 e. The van der Waals surface area contributed by atoms with E-state index in [1.807, 2.05) is 11.0 Å². The maximum absolute atomic E-state index is 13.4. The summed E-state index contributed by atoms with van der Waals surface area (Å²) in [4.78, 5) is 32.5. The monoisotopic (exact) mass is 411 g/mol. The lowest BCUT2D eigenvalue weighted by molar-refractivity contribution is -0.131. The summed E-state index contributed by atoms with van der Waals surface area (Å²) in [5.74, 6) is -0.120. The van der Waals surface area contributed by atoms with E-state index in [1.54, 1.807) is 30.3 Å². The van der Waals surface area contributed by atoms with Crippen LogP contribution in [0.1, 0.15) is 26.2 Å². The summed E-state index contributed by atoms with van der Waals surface area (Å²) in [6.07, 6.45) is 3.19. The number of benzene rings is 2. The van der Waals surface area contributed by atoms with Crippen molar-refractivity contribution >= 4 is 28.6 Å². The number of amides is 1. The second kappa shape index (κ2) is 8.37. The van der Waals surface area contributed by atoms with Crippen LogP contribution < -0.4 is 5.56 Å². The summed E-state index contributed by atoms with van der Waals surface area (Å²) in [5.41, 5.74) is 0.872. The van der Waals surface area contributed by atoms with E-state index >= 15 is 0 Å². The first-order valence-electron chi connectivity index (χ1n) is 9.74. The number of fused-ring (bicyclic) bond motifs is 1. The summed E-state index contributed by atoms with van der Waals surface area (Å²) in [5, 5.41) is 0.912. The number of rotatable bonds is 4. The van der Waals surface area contributed by atoms with Crippen molar-refractivity contribution in [3.05, 3.63) is 64.7 Å². The van der Waals surface area contributed by atoms with Gasteiger partial charge < -0.3 is 4.90 Å². The highest BCUT2D eigenvalue weighted by atomic mass is 32.2. The molecule has 0 unspecified atom stereocenters. The molecular weight excluding hydrogens is 389 g/mol. The first kappa shape index (κ1) is 19.6. The van der Waals surface area contributed by atoms with Crippen molar-refractivity contribution in [2.45, 2.75) is 37.4 Å². The minimum Gasteiger partial charge on any atom is -0.339 e. The van der Waals surface area contributed by atoms with Crippen LogP contribution in [-0.4, -0.2) is 38.7 Å². The lowest BCUT2D eigenvalue weighted by Crippen LogP contribution is -2.43. The van der Waals surface area contributed by atoms with Crippen LogP contribution in [0.25, 0.3) is 16.6 Å². The number of thioether (sulfide) groups is 1.